The molecule has 0 saturated carbocycles. The van der Waals surface area contributed by atoms with Crippen LogP contribution in [0.2, 0.25) is 0 Å². The van der Waals surface area contributed by atoms with Crippen molar-refractivity contribution in [1.29, 1.82) is 0 Å². The zero-order chi connectivity index (χ0) is 22.7. The average molecular weight is 461 g/mol. The average Bonchev–Trinajstić information content (AvgIpc) is 2.87. The van der Waals surface area contributed by atoms with Gasteiger partial charge in [0.1, 0.15) is 5.82 Å². The standard InChI is InChI=1S/C27H32N4OS/c32-26(28-16-7-12-22-8-3-1-4-9-22)21-33-27-29-17-13-25(30-27)31-18-14-24(15-19-31)20-23-10-5-2-6-11-23/h1-6,8-11,13,17,24H,7,12,14-16,18-21H2,(H,28,32). The van der Waals surface area contributed by atoms with Crippen molar-refractivity contribution in [2.45, 2.75) is 37.3 Å². The number of piperidine rings is 1. The van der Waals surface area contributed by atoms with E-state index in [-0.39, 0.29) is 5.91 Å². The number of hydrogen-bond donors (Lipinski definition) is 1. The zero-order valence-electron chi connectivity index (χ0n) is 19.0. The second-order valence-corrected chi connectivity index (χ2v) is 9.49. The molecule has 1 aliphatic rings. The lowest BCUT2D eigenvalue weighted by molar-refractivity contribution is -0.118. The fourth-order valence-electron chi connectivity index (χ4n) is 4.24. The number of nitrogens with one attached hydrogen (secondary N) is 1. The first-order valence-electron chi connectivity index (χ1n) is 11.8. The number of carbonyl (C=O) groups is 1. The van der Waals surface area contributed by atoms with Crippen LogP contribution in [0.25, 0.3) is 0 Å². The summed E-state index contributed by atoms with van der Waals surface area (Å²) >= 11 is 1.40. The molecule has 1 aliphatic heterocycles. The topological polar surface area (TPSA) is 58.1 Å². The quantitative estimate of drug-likeness (QED) is 0.268. The smallest absolute Gasteiger partial charge is 0.230 e. The van der Waals surface area contributed by atoms with E-state index in [0.29, 0.717) is 17.5 Å². The van der Waals surface area contributed by atoms with Crippen molar-refractivity contribution < 1.29 is 4.79 Å². The van der Waals surface area contributed by atoms with Crippen LogP contribution in [0.15, 0.2) is 78.1 Å². The Morgan fingerprint density at radius 1 is 0.970 bits per heavy atom. The molecular weight excluding hydrogens is 428 g/mol. The Labute approximate surface area is 201 Å². The highest BCUT2D eigenvalue weighted by molar-refractivity contribution is 7.99. The van der Waals surface area contributed by atoms with Crippen molar-refractivity contribution in [1.82, 2.24) is 15.3 Å². The van der Waals surface area contributed by atoms with Crippen LogP contribution in [0.3, 0.4) is 0 Å². The van der Waals surface area contributed by atoms with Crippen LogP contribution in [0.4, 0.5) is 5.82 Å². The third-order valence-corrected chi connectivity index (χ3v) is 6.93. The first-order valence-corrected chi connectivity index (χ1v) is 12.8. The highest BCUT2D eigenvalue weighted by atomic mass is 32.2. The molecule has 1 N–H and O–H groups in total. The molecular formula is C27H32N4OS. The molecule has 0 atom stereocenters. The number of aromatic nitrogens is 2. The van der Waals surface area contributed by atoms with Gasteiger partial charge in [0.2, 0.25) is 5.91 Å². The monoisotopic (exact) mass is 460 g/mol. The number of anilines is 1. The number of nitrogens with zero attached hydrogens (tertiary/aromatic N) is 3. The molecule has 0 spiro atoms. The van der Waals surface area contributed by atoms with Gasteiger partial charge in [0.05, 0.1) is 5.75 Å². The van der Waals surface area contributed by atoms with E-state index >= 15 is 0 Å². The van der Waals surface area contributed by atoms with Crippen LogP contribution in [0.5, 0.6) is 0 Å². The molecule has 1 saturated heterocycles. The van der Waals surface area contributed by atoms with E-state index in [1.54, 1.807) is 6.20 Å². The Balaban J connectivity index is 1.17. The SMILES string of the molecule is O=C(CSc1nccc(N2CCC(Cc3ccccc3)CC2)n1)NCCCc1ccccc1. The van der Waals surface area contributed by atoms with Crippen LogP contribution in [-0.2, 0) is 17.6 Å². The third-order valence-electron chi connectivity index (χ3n) is 6.06. The molecule has 1 fully saturated rings. The van der Waals surface area contributed by atoms with Gasteiger partial charge < -0.3 is 10.2 Å². The summed E-state index contributed by atoms with van der Waals surface area (Å²) in [6, 6.07) is 23.1. The lowest BCUT2D eigenvalue weighted by Crippen LogP contribution is -2.35. The van der Waals surface area contributed by atoms with E-state index in [1.165, 1.54) is 35.7 Å². The van der Waals surface area contributed by atoms with Crippen LogP contribution in [0.1, 0.15) is 30.4 Å². The Morgan fingerprint density at radius 3 is 2.39 bits per heavy atom. The molecule has 2 heterocycles. The molecule has 0 aliphatic carbocycles. The third kappa shape index (κ3) is 7.60. The van der Waals surface area contributed by atoms with Crippen molar-refractivity contribution in [2.75, 3.05) is 30.3 Å². The summed E-state index contributed by atoms with van der Waals surface area (Å²) in [4.78, 5) is 23.6. The van der Waals surface area contributed by atoms with E-state index in [1.807, 2.05) is 24.3 Å². The molecule has 4 rings (SSSR count). The first-order chi connectivity index (χ1) is 16.3. The predicted octanol–water partition coefficient (Wildman–Crippen LogP) is 4.78. The molecule has 1 amide bonds. The predicted molar refractivity (Wildman–Crippen MR) is 136 cm³/mol. The minimum Gasteiger partial charge on any atom is -0.356 e. The van der Waals surface area contributed by atoms with Gasteiger partial charge in [-0.1, -0.05) is 72.4 Å². The van der Waals surface area contributed by atoms with Crippen molar-refractivity contribution in [3.8, 4) is 0 Å². The molecule has 2 aromatic carbocycles. The fraction of sp³-hybridized carbons (Fsp3) is 0.370. The van der Waals surface area contributed by atoms with Crippen LogP contribution in [0, 0.1) is 5.92 Å². The van der Waals surface area contributed by atoms with Crippen LogP contribution in [-0.4, -0.2) is 41.3 Å². The molecule has 0 unspecified atom stereocenters. The molecule has 3 aromatic rings. The van der Waals surface area contributed by atoms with Gasteiger partial charge in [-0.25, -0.2) is 9.97 Å². The summed E-state index contributed by atoms with van der Waals surface area (Å²) in [6.45, 7) is 2.72. The Morgan fingerprint density at radius 2 is 1.67 bits per heavy atom. The largest absolute Gasteiger partial charge is 0.356 e. The van der Waals surface area contributed by atoms with Crippen molar-refractivity contribution in [3.63, 3.8) is 0 Å². The van der Waals surface area contributed by atoms with E-state index in [0.717, 1.165) is 44.1 Å². The number of carbonyl (C=O) groups excluding carboxylic acids is 1. The summed E-state index contributed by atoms with van der Waals surface area (Å²) in [6.07, 6.45) is 7.21. The van der Waals surface area contributed by atoms with E-state index < -0.39 is 0 Å². The van der Waals surface area contributed by atoms with Gasteiger partial charge in [-0.15, -0.1) is 0 Å². The number of amides is 1. The molecule has 1 aromatic heterocycles. The Kier molecular flexibility index (Phi) is 8.76. The lowest BCUT2D eigenvalue weighted by atomic mass is 9.90. The Hall–Kier alpha value is -2.86. The maximum atomic E-state index is 12.2. The summed E-state index contributed by atoms with van der Waals surface area (Å²) in [5.41, 5.74) is 2.73. The minimum atomic E-state index is 0.0313. The van der Waals surface area contributed by atoms with Gasteiger partial charge in [0, 0.05) is 25.8 Å². The molecule has 6 heteroatoms. The molecule has 172 valence electrons. The molecule has 33 heavy (non-hydrogen) atoms. The zero-order valence-corrected chi connectivity index (χ0v) is 19.8. The van der Waals surface area contributed by atoms with Crippen molar-refractivity contribution in [3.05, 3.63) is 84.1 Å². The molecule has 0 radical (unpaired) electrons. The number of hydrogen-bond acceptors (Lipinski definition) is 5. The van der Waals surface area contributed by atoms with Gasteiger partial charge >= 0.3 is 0 Å². The van der Waals surface area contributed by atoms with Gasteiger partial charge in [0.15, 0.2) is 5.16 Å². The van der Waals surface area contributed by atoms with Gasteiger partial charge in [-0.2, -0.15) is 0 Å². The molecule has 0 bridgehead atoms. The fourth-order valence-corrected chi connectivity index (χ4v) is 4.89. The Bertz CT molecular complexity index is 991. The summed E-state index contributed by atoms with van der Waals surface area (Å²) in [7, 11) is 0. The summed E-state index contributed by atoms with van der Waals surface area (Å²) < 4.78 is 0. The number of benzene rings is 2. The maximum Gasteiger partial charge on any atom is 0.230 e. The maximum absolute atomic E-state index is 12.2. The first kappa shape index (κ1) is 23.3. The van der Waals surface area contributed by atoms with E-state index in [4.69, 9.17) is 4.98 Å². The molecule has 5 nitrogen and oxygen atoms in total. The van der Waals surface area contributed by atoms with Gasteiger partial charge in [-0.3, -0.25) is 4.79 Å². The van der Waals surface area contributed by atoms with Crippen molar-refractivity contribution >= 4 is 23.5 Å². The minimum absolute atomic E-state index is 0.0313. The number of rotatable bonds is 10. The highest BCUT2D eigenvalue weighted by Gasteiger charge is 2.21. The normalized spacial score (nSPS) is 14.2. The van der Waals surface area contributed by atoms with Crippen molar-refractivity contribution in [2.24, 2.45) is 5.92 Å². The van der Waals surface area contributed by atoms with Gasteiger partial charge in [0.25, 0.3) is 0 Å². The van der Waals surface area contributed by atoms with E-state index in [2.05, 4.69) is 57.7 Å². The summed E-state index contributed by atoms with van der Waals surface area (Å²) in [5, 5.41) is 3.67. The number of thioether (sulfide) groups is 1. The van der Waals surface area contributed by atoms with Gasteiger partial charge in [-0.05, 0) is 55.2 Å². The lowest BCUT2D eigenvalue weighted by Gasteiger charge is -2.33. The second kappa shape index (κ2) is 12.4. The highest BCUT2D eigenvalue weighted by Crippen LogP contribution is 2.25. The van der Waals surface area contributed by atoms with E-state index in [9.17, 15) is 4.79 Å². The summed E-state index contributed by atoms with van der Waals surface area (Å²) in [5.74, 6) is 2.07. The number of aryl methyl sites for hydroxylation is 1. The van der Waals surface area contributed by atoms with Crippen LogP contribution < -0.4 is 10.2 Å². The second-order valence-electron chi connectivity index (χ2n) is 8.55. The van der Waals surface area contributed by atoms with Crippen LogP contribution >= 0.6 is 11.8 Å².